The van der Waals surface area contributed by atoms with Crippen LogP contribution in [0.5, 0.6) is 5.75 Å². The SMILES string of the molecule is CCCCc1ccc(C)c(O)c1CCCC.CCO. The molecule has 0 saturated heterocycles. The van der Waals surface area contributed by atoms with E-state index in [-0.39, 0.29) is 6.61 Å². The number of hydrogen-bond donors (Lipinski definition) is 2. The van der Waals surface area contributed by atoms with Crippen LogP contribution in [0.25, 0.3) is 0 Å². The molecule has 19 heavy (non-hydrogen) atoms. The largest absolute Gasteiger partial charge is 0.507 e. The summed E-state index contributed by atoms with van der Waals surface area (Å²) >= 11 is 0. The van der Waals surface area contributed by atoms with E-state index in [4.69, 9.17) is 5.11 Å². The van der Waals surface area contributed by atoms with Crippen molar-refractivity contribution in [2.45, 2.75) is 66.2 Å². The van der Waals surface area contributed by atoms with Crippen molar-refractivity contribution in [3.63, 3.8) is 0 Å². The molecule has 0 aromatic heterocycles. The molecule has 0 bridgehead atoms. The van der Waals surface area contributed by atoms with Crippen molar-refractivity contribution in [2.24, 2.45) is 0 Å². The average Bonchev–Trinajstić information content (AvgIpc) is 2.40. The van der Waals surface area contributed by atoms with Crippen LogP contribution in [0.2, 0.25) is 0 Å². The Bertz CT molecular complexity index is 345. The second-order valence-corrected chi connectivity index (χ2v) is 4.89. The first-order valence-electron chi connectivity index (χ1n) is 7.53. The van der Waals surface area contributed by atoms with Gasteiger partial charge in [-0.3, -0.25) is 0 Å². The molecule has 0 aliphatic heterocycles. The molecule has 2 N–H and O–H groups in total. The van der Waals surface area contributed by atoms with Crippen LogP contribution in [0.15, 0.2) is 12.1 Å². The minimum Gasteiger partial charge on any atom is -0.507 e. The highest BCUT2D eigenvalue weighted by Gasteiger charge is 2.09. The Hall–Kier alpha value is -1.02. The highest BCUT2D eigenvalue weighted by molar-refractivity contribution is 5.45. The lowest BCUT2D eigenvalue weighted by molar-refractivity contribution is 0.318. The van der Waals surface area contributed by atoms with Crippen LogP contribution in [-0.2, 0) is 12.8 Å². The highest BCUT2D eigenvalue weighted by atomic mass is 16.3. The zero-order valence-electron chi connectivity index (χ0n) is 13.0. The monoisotopic (exact) mass is 266 g/mol. The zero-order chi connectivity index (χ0) is 14.7. The fraction of sp³-hybridized carbons (Fsp3) is 0.647. The van der Waals surface area contributed by atoms with Crippen LogP contribution in [0.1, 0.15) is 63.1 Å². The molecule has 0 spiro atoms. The third-order valence-electron chi connectivity index (χ3n) is 3.16. The topological polar surface area (TPSA) is 40.5 Å². The molecule has 110 valence electrons. The standard InChI is InChI=1S/C15H24O.C2H6O/c1-4-6-8-13-11-10-12(3)15(16)14(13)9-7-5-2;1-2-3/h10-11,16H,4-9H2,1-3H3;3H,2H2,1H3. The van der Waals surface area contributed by atoms with E-state index in [1.165, 1.54) is 30.4 Å². The summed E-state index contributed by atoms with van der Waals surface area (Å²) in [6, 6.07) is 4.23. The molecule has 0 atom stereocenters. The normalized spacial score (nSPS) is 9.95. The third kappa shape index (κ3) is 6.63. The van der Waals surface area contributed by atoms with Crippen LogP contribution in [0, 0.1) is 6.92 Å². The van der Waals surface area contributed by atoms with Gasteiger partial charge in [0.15, 0.2) is 0 Å². The van der Waals surface area contributed by atoms with Gasteiger partial charge in [-0.1, -0.05) is 38.8 Å². The van der Waals surface area contributed by atoms with Gasteiger partial charge in [-0.15, -0.1) is 0 Å². The van der Waals surface area contributed by atoms with Crippen molar-refractivity contribution >= 4 is 0 Å². The Morgan fingerprint density at radius 2 is 1.47 bits per heavy atom. The van der Waals surface area contributed by atoms with Crippen molar-refractivity contribution < 1.29 is 10.2 Å². The maximum absolute atomic E-state index is 10.1. The van der Waals surface area contributed by atoms with E-state index in [0.717, 1.165) is 24.8 Å². The Morgan fingerprint density at radius 1 is 0.947 bits per heavy atom. The lowest BCUT2D eigenvalue weighted by Crippen LogP contribution is -1.97. The molecule has 1 aromatic rings. The second kappa shape index (κ2) is 10.9. The van der Waals surface area contributed by atoms with Crippen molar-refractivity contribution in [1.29, 1.82) is 0 Å². The molecule has 2 heteroatoms. The number of rotatable bonds is 6. The molecule has 0 heterocycles. The van der Waals surface area contributed by atoms with Crippen molar-refractivity contribution in [2.75, 3.05) is 6.61 Å². The number of aromatic hydroxyl groups is 1. The van der Waals surface area contributed by atoms with Crippen LogP contribution in [-0.4, -0.2) is 16.8 Å². The summed E-state index contributed by atoms with van der Waals surface area (Å²) in [7, 11) is 0. The lowest BCUT2D eigenvalue weighted by Gasteiger charge is -2.13. The van der Waals surface area contributed by atoms with E-state index in [2.05, 4.69) is 19.9 Å². The fourth-order valence-corrected chi connectivity index (χ4v) is 2.03. The number of phenolic OH excluding ortho intramolecular Hbond substituents is 1. The number of unbranched alkanes of at least 4 members (excludes halogenated alkanes) is 2. The van der Waals surface area contributed by atoms with Crippen LogP contribution >= 0.6 is 0 Å². The van der Waals surface area contributed by atoms with Gasteiger partial charge in [-0.05, 0) is 56.2 Å². The summed E-state index contributed by atoms with van der Waals surface area (Å²) < 4.78 is 0. The van der Waals surface area contributed by atoms with Crippen molar-refractivity contribution in [3.8, 4) is 5.75 Å². The fourth-order valence-electron chi connectivity index (χ4n) is 2.03. The van der Waals surface area contributed by atoms with E-state index in [0.29, 0.717) is 5.75 Å². The minimum absolute atomic E-state index is 0.250. The Balaban J connectivity index is 0.000000982. The van der Waals surface area contributed by atoms with Gasteiger partial charge in [-0.2, -0.15) is 0 Å². The molecule has 0 aliphatic rings. The molecule has 0 aliphatic carbocycles. The smallest absolute Gasteiger partial charge is 0.121 e. The van der Waals surface area contributed by atoms with Crippen molar-refractivity contribution in [1.82, 2.24) is 0 Å². The molecule has 1 aromatic carbocycles. The number of aliphatic hydroxyl groups excluding tert-OH is 1. The summed E-state index contributed by atoms with van der Waals surface area (Å²) in [5, 5.41) is 17.7. The average molecular weight is 266 g/mol. The summed E-state index contributed by atoms with van der Waals surface area (Å²) in [4.78, 5) is 0. The van der Waals surface area contributed by atoms with Gasteiger partial charge >= 0.3 is 0 Å². The molecule has 0 unspecified atom stereocenters. The molecule has 1 rings (SSSR count). The first-order valence-corrected chi connectivity index (χ1v) is 7.53. The zero-order valence-corrected chi connectivity index (χ0v) is 13.0. The van der Waals surface area contributed by atoms with Gasteiger partial charge in [0.2, 0.25) is 0 Å². The quantitative estimate of drug-likeness (QED) is 0.802. The van der Waals surface area contributed by atoms with Crippen LogP contribution in [0.3, 0.4) is 0 Å². The predicted octanol–water partition coefficient (Wildman–Crippen LogP) is 4.38. The predicted molar refractivity (Wildman–Crippen MR) is 82.8 cm³/mol. The molecule has 2 nitrogen and oxygen atoms in total. The maximum Gasteiger partial charge on any atom is 0.121 e. The van der Waals surface area contributed by atoms with Crippen molar-refractivity contribution in [3.05, 3.63) is 28.8 Å². The van der Waals surface area contributed by atoms with Gasteiger partial charge < -0.3 is 10.2 Å². The molecule has 0 saturated carbocycles. The summed E-state index contributed by atoms with van der Waals surface area (Å²) in [6.45, 7) is 8.31. The summed E-state index contributed by atoms with van der Waals surface area (Å²) in [6.07, 6.45) is 6.88. The summed E-state index contributed by atoms with van der Waals surface area (Å²) in [5.41, 5.74) is 3.54. The van der Waals surface area contributed by atoms with E-state index in [1.807, 2.05) is 13.0 Å². The number of hydrogen-bond acceptors (Lipinski definition) is 2. The van der Waals surface area contributed by atoms with Gasteiger partial charge in [-0.25, -0.2) is 0 Å². The van der Waals surface area contributed by atoms with Gasteiger partial charge in [0.25, 0.3) is 0 Å². The van der Waals surface area contributed by atoms with Gasteiger partial charge in [0, 0.05) is 6.61 Å². The Labute approximate surface area is 118 Å². The van der Waals surface area contributed by atoms with E-state index in [9.17, 15) is 5.11 Å². The number of benzene rings is 1. The molecule has 0 fully saturated rings. The van der Waals surface area contributed by atoms with Crippen LogP contribution < -0.4 is 0 Å². The third-order valence-corrected chi connectivity index (χ3v) is 3.16. The van der Waals surface area contributed by atoms with Gasteiger partial charge in [0.1, 0.15) is 5.75 Å². The lowest BCUT2D eigenvalue weighted by atomic mass is 9.95. The van der Waals surface area contributed by atoms with E-state index < -0.39 is 0 Å². The van der Waals surface area contributed by atoms with E-state index >= 15 is 0 Å². The summed E-state index contributed by atoms with van der Waals surface area (Å²) in [5.74, 6) is 0.530. The Morgan fingerprint density at radius 3 is 2.00 bits per heavy atom. The first kappa shape index (κ1) is 18.0. The highest BCUT2D eigenvalue weighted by Crippen LogP contribution is 2.28. The first-order chi connectivity index (χ1) is 9.12. The molecule has 0 radical (unpaired) electrons. The second-order valence-electron chi connectivity index (χ2n) is 4.89. The van der Waals surface area contributed by atoms with E-state index in [1.54, 1.807) is 6.92 Å². The number of aliphatic hydroxyl groups is 1. The number of aryl methyl sites for hydroxylation is 2. The maximum atomic E-state index is 10.1. The molecular formula is C17H30O2. The van der Waals surface area contributed by atoms with Crippen LogP contribution in [0.4, 0.5) is 0 Å². The Kier molecular flexibility index (Phi) is 10.3. The molecular weight excluding hydrogens is 236 g/mol. The van der Waals surface area contributed by atoms with Gasteiger partial charge in [0.05, 0.1) is 0 Å². The molecule has 0 amide bonds. The minimum atomic E-state index is 0.250. The number of phenols is 1.